The molecule has 0 heterocycles. The number of benzene rings is 2. The highest BCUT2D eigenvalue weighted by Gasteiger charge is 2.11. The summed E-state index contributed by atoms with van der Waals surface area (Å²) in [6.45, 7) is 0. The number of primary sulfonamides is 1. The lowest BCUT2D eigenvalue weighted by molar-refractivity contribution is 0.482. The predicted octanol–water partition coefficient (Wildman–Crippen LogP) is 2.43. The Labute approximate surface area is 122 Å². The lowest BCUT2D eigenvalue weighted by atomic mass is 10.3. The highest BCUT2D eigenvalue weighted by molar-refractivity contribution is 7.98. The van der Waals surface area contributed by atoms with Gasteiger partial charge in [0.15, 0.2) is 5.75 Å². The molecule has 0 atom stereocenters. The van der Waals surface area contributed by atoms with Gasteiger partial charge in [-0.2, -0.15) is 0 Å². The molecule has 0 bridgehead atoms. The van der Waals surface area contributed by atoms with Crippen LogP contribution in [0.5, 0.6) is 11.5 Å². The van der Waals surface area contributed by atoms with Crippen molar-refractivity contribution < 1.29 is 13.2 Å². The van der Waals surface area contributed by atoms with Crippen LogP contribution in [0.3, 0.4) is 0 Å². The van der Waals surface area contributed by atoms with Gasteiger partial charge in [-0.05, 0) is 42.7 Å². The number of hydrogen-bond donors (Lipinski definition) is 2. The van der Waals surface area contributed by atoms with E-state index in [2.05, 4.69) is 0 Å². The molecule has 0 spiro atoms. The number of rotatable bonds is 4. The van der Waals surface area contributed by atoms with Gasteiger partial charge in [0.05, 0.1) is 10.6 Å². The molecule has 0 aromatic heterocycles. The molecule has 5 nitrogen and oxygen atoms in total. The van der Waals surface area contributed by atoms with Crippen LogP contribution < -0.4 is 15.6 Å². The van der Waals surface area contributed by atoms with Crippen molar-refractivity contribution in [3.8, 4) is 11.5 Å². The predicted molar refractivity (Wildman–Crippen MR) is 80.5 cm³/mol. The molecular weight excluding hydrogens is 296 g/mol. The van der Waals surface area contributed by atoms with E-state index < -0.39 is 10.0 Å². The topological polar surface area (TPSA) is 95.4 Å². The molecule has 4 N–H and O–H groups in total. The number of hydrogen-bond acceptors (Lipinski definition) is 5. The van der Waals surface area contributed by atoms with Gasteiger partial charge in [-0.1, -0.05) is 0 Å². The molecule has 2 rings (SSSR count). The van der Waals surface area contributed by atoms with Crippen LogP contribution >= 0.6 is 11.8 Å². The highest BCUT2D eigenvalue weighted by atomic mass is 32.2. The van der Waals surface area contributed by atoms with E-state index in [9.17, 15) is 8.42 Å². The maximum absolute atomic E-state index is 11.3. The van der Waals surface area contributed by atoms with Crippen LogP contribution in [0.4, 0.5) is 5.69 Å². The van der Waals surface area contributed by atoms with Crippen LogP contribution in [0.25, 0.3) is 0 Å². The van der Waals surface area contributed by atoms with E-state index in [1.54, 1.807) is 23.9 Å². The minimum absolute atomic E-state index is 0.0394. The van der Waals surface area contributed by atoms with Crippen molar-refractivity contribution in [2.45, 2.75) is 9.79 Å². The zero-order valence-corrected chi connectivity index (χ0v) is 12.4. The van der Waals surface area contributed by atoms with Gasteiger partial charge in [-0.25, -0.2) is 13.6 Å². The second-order valence-electron chi connectivity index (χ2n) is 4.02. The van der Waals surface area contributed by atoms with Gasteiger partial charge in [0, 0.05) is 11.0 Å². The fraction of sp³-hybridized carbons (Fsp3) is 0.0769. The molecule has 7 heteroatoms. The Hall–Kier alpha value is -1.70. The van der Waals surface area contributed by atoms with Crippen LogP contribution in [-0.2, 0) is 10.0 Å². The van der Waals surface area contributed by atoms with E-state index in [0.717, 1.165) is 4.90 Å². The Kier molecular flexibility index (Phi) is 4.22. The Morgan fingerprint density at radius 2 is 1.75 bits per heavy atom. The molecule has 0 aliphatic rings. The van der Waals surface area contributed by atoms with Crippen molar-refractivity contribution in [2.24, 2.45) is 5.14 Å². The van der Waals surface area contributed by atoms with Crippen LogP contribution in [0.2, 0.25) is 0 Å². The van der Waals surface area contributed by atoms with E-state index in [4.69, 9.17) is 15.6 Å². The van der Waals surface area contributed by atoms with E-state index in [-0.39, 0.29) is 10.6 Å². The molecule has 0 aliphatic heterocycles. The number of nitrogen functional groups attached to an aromatic ring is 1. The second kappa shape index (κ2) is 5.74. The van der Waals surface area contributed by atoms with Crippen molar-refractivity contribution >= 4 is 27.5 Å². The quantitative estimate of drug-likeness (QED) is 0.668. The Balaban J connectivity index is 2.32. The summed E-state index contributed by atoms with van der Waals surface area (Å²) < 4.78 is 28.2. The molecule has 106 valence electrons. The van der Waals surface area contributed by atoms with Gasteiger partial charge in [-0.15, -0.1) is 11.8 Å². The summed E-state index contributed by atoms with van der Waals surface area (Å²) in [6.07, 6.45) is 1.98. The summed E-state index contributed by atoms with van der Waals surface area (Å²) in [4.78, 5) is 1.06. The smallest absolute Gasteiger partial charge is 0.238 e. The number of nitrogens with two attached hydrogens (primary N) is 2. The van der Waals surface area contributed by atoms with Gasteiger partial charge in [0.1, 0.15) is 5.75 Å². The molecule has 0 radical (unpaired) electrons. The first-order chi connectivity index (χ1) is 9.40. The zero-order chi connectivity index (χ0) is 14.8. The van der Waals surface area contributed by atoms with Gasteiger partial charge in [0.2, 0.25) is 10.0 Å². The normalized spacial score (nSPS) is 11.3. The molecule has 2 aromatic rings. The molecular formula is C13H14N2O3S2. The van der Waals surface area contributed by atoms with E-state index in [1.807, 2.05) is 18.4 Å². The summed E-state index contributed by atoms with van der Waals surface area (Å²) in [5, 5.41) is 5.08. The van der Waals surface area contributed by atoms with E-state index >= 15 is 0 Å². The average molecular weight is 310 g/mol. The Bertz CT molecular complexity index is 713. The van der Waals surface area contributed by atoms with Crippen LogP contribution in [0, 0.1) is 0 Å². The molecule has 0 saturated heterocycles. The Morgan fingerprint density at radius 3 is 2.30 bits per heavy atom. The molecule has 0 aliphatic carbocycles. The molecule has 2 aromatic carbocycles. The summed E-state index contributed by atoms with van der Waals surface area (Å²) >= 11 is 1.62. The summed E-state index contributed by atoms with van der Waals surface area (Å²) in [7, 11) is -3.78. The Morgan fingerprint density at radius 1 is 1.10 bits per heavy atom. The monoisotopic (exact) mass is 310 g/mol. The first-order valence-corrected chi connectivity index (χ1v) is 8.41. The molecule has 0 fully saturated rings. The third-order valence-corrected chi connectivity index (χ3v) is 4.26. The number of thioether (sulfide) groups is 1. The van der Waals surface area contributed by atoms with Crippen LogP contribution in [0.15, 0.2) is 52.3 Å². The van der Waals surface area contributed by atoms with Gasteiger partial charge < -0.3 is 10.5 Å². The first kappa shape index (κ1) is 14.7. The van der Waals surface area contributed by atoms with Crippen molar-refractivity contribution in [3.05, 3.63) is 42.5 Å². The third-order valence-electron chi connectivity index (χ3n) is 2.60. The third kappa shape index (κ3) is 3.44. The minimum atomic E-state index is -3.78. The van der Waals surface area contributed by atoms with Crippen LogP contribution in [0.1, 0.15) is 0 Å². The fourth-order valence-electron chi connectivity index (χ4n) is 1.55. The lowest BCUT2D eigenvalue weighted by Gasteiger charge is -2.10. The summed E-state index contributed by atoms with van der Waals surface area (Å²) in [5.74, 6) is 0.828. The second-order valence-corrected chi connectivity index (χ2v) is 6.46. The SMILES string of the molecule is CSc1ccc(Oc2cc(S(N)(=O)=O)ccc2N)cc1. The fourth-order valence-corrected chi connectivity index (χ4v) is 2.49. The first-order valence-electron chi connectivity index (χ1n) is 5.64. The largest absolute Gasteiger partial charge is 0.455 e. The summed E-state index contributed by atoms with van der Waals surface area (Å²) in [5.41, 5.74) is 6.11. The zero-order valence-electron chi connectivity index (χ0n) is 10.7. The van der Waals surface area contributed by atoms with E-state index in [0.29, 0.717) is 11.4 Å². The standard InChI is InChI=1S/C13H14N2O3S2/c1-19-10-4-2-9(3-5-10)18-13-8-11(20(15,16)17)6-7-12(13)14/h2-8H,14H2,1H3,(H2,15,16,17). The van der Waals surface area contributed by atoms with Gasteiger partial charge >= 0.3 is 0 Å². The average Bonchev–Trinajstić information content (AvgIpc) is 2.41. The molecule has 0 saturated carbocycles. The van der Waals surface area contributed by atoms with Gasteiger partial charge in [0.25, 0.3) is 0 Å². The maximum atomic E-state index is 11.3. The van der Waals surface area contributed by atoms with Crippen molar-refractivity contribution in [1.82, 2.24) is 0 Å². The van der Waals surface area contributed by atoms with Crippen molar-refractivity contribution in [3.63, 3.8) is 0 Å². The van der Waals surface area contributed by atoms with E-state index in [1.165, 1.54) is 18.2 Å². The molecule has 0 unspecified atom stereocenters. The number of anilines is 1. The molecule has 0 amide bonds. The highest BCUT2D eigenvalue weighted by Crippen LogP contribution is 2.30. The minimum Gasteiger partial charge on any atom is -0.455 e. The number of ether oxygens (including phenoxy) is 1. The van der Waals surface area contributed by atoms with Crippen molar-refractivity contribution in [2.75, 3.05) is 12.0 Å². The maximum Gasteiger partial charge on any atom is 0.238 e. The van der Waals surface area contributed by atoms with Crippen LogP contribution in [-0.4, -0.2) is 14.7 Å². The van der Waals surface area contributed by atoms with Gasteiger partial charge in [-0.3, -0.25) is 0 Å². The number of sulfonamides is 1. The molecule has 20 heavy (non-hydrogen) atoms. The summed E-state index contributed by atoms with van der Waals surface area (Å²) in [6, 6.07) is 11.5. The van der Waals surface area contributed by atoms with Crippen molar-refractivity contribution in [1.29, 1.82) is 0 Å². The lowest BCUT2D eigenvalue weighted by Crippen LogP contribution is -2.12.